The lowest BCUT2D eigenvalue weighted by molar-refractivity contribution is 0.546. The number of hydrogen-bond acceptors (Lipinski definition) is 4. The van der Waals surface area contributed by atoms with Crippen molar-refractivity contribution in [2.45, 2.75) is 11.4 Å². The third-order valence-corrected chi connectivity index (χ3v) is 5.48. The molecule has 1 heterocycles. The van der Waals surface area contributed by atoms with Crippen LogP contribution in [0.3, 0.4) is 0 Å². The van der Waals surface area contributed by atoms with Gasteiger partial charge in [-0.25, -0.2) is 17.5 Å². The van der Waals surface area contributed by atoms with Gasteiger partial charge in [0.1, 0.15) is 4.90 Å². The van der Waals surface area contributed by atoms with E-state index >= 15 is 0 Å². The fourth-order valence-electron chi connectivity index (χ4n) is 1.60. The van der Waals surface area contributed by atoms with E-state index in [0.29, 0.717) is 6.54 Å². The van der Waals surface area contributed by atoms with Crippen LogP contribution in [-0.4, -0.2) is 24.7 Å². The van der Waals surface area contributed by atoms with E-state index in [1.165, 1.54) is 0 Å². The minimum atomic E-state index is -4.06. The second kappa shape index (κ2) is 6.30. The van der Waals surface area contributed by atoms with Crippen LogP contribution in [0.1, 0.15) is 0 Å². The standard InChI is InChI=1S/C11H11BrClFN4O2S/c12-9-7(13)6-8(10(14)11(9)15)21(19,20)17-3-5-18-4-1-2-16-18/h1-2,4,6,17H,3,5,15H2. The maximum Gasteiger partial charge on any atom is 0.243 e. The minimum absolute atomic E-state index is 0.0151. The maximum absolute atomic E-state index is 14.0. The van der Waals surface area contributed by atoms with Gasteiger partial charge in [-0.05, 0) is 28.1 Å². The van der Waals surface area contributed by atoms with Crippen LogP contribution in [0.4, 0.5) is 10.1 Å². The number of aromatic nitrogens is 2. The number of benzene rings is 1. The zero-order valence-electron chi connectivity index (χ0n) is 10.6. The normalized spacial score (nSPS) is 11.8. The first-order valence-electron chi connectivity index (χ1n) is 5.73. The molecule has 114 valence electrons. The first kappa shape index (κ1) is 16.2. The van der Waals surface area contributed by atoms with E-state index in [9.17, 15) is 12.8 Å². The van der Waals surface area contributed by atoms with Gasteiger partial charge in [-0.15, -0.1) is 0 Å². The summed E-state index contributed by atoms with van der Waals surface area (Å²) < 4.78 is 42.1. The summed E-state index contributed by atoms with van der Waals surface area (Å²) in [5.41, 5.74) is 5.12. The Morgan fingerprint density at radius 2 is 2.24 bits per heavy atom. The summed E-state index contributed by atoms with van der Waals surface area (Å²) in [7, 11) is -4.06. The van der Waals surface area contributed by atoms with Crippen molar-refractivity contribution in [2.75, 3.05) is 12.3 Å². The van der Waals surface area contributed by atoms with E-state index in [0.717, 1.165) is 6.07 Å². The highest BCUT2D eigenvalue weighted by molar-refractivity contribution is 9.10. The Bertz CT molecular complexity index is 752. The predicted molar refractivity (Wildman–Crippen MR) is 80.9 cm³/mol. The number of nitrogens with two attached hydrogens (primary N) is 1. The first-order chi connectivity index (χ1) is 9.83. The van der Waals surface area contributed by atoms with Gasteiger partial charge in [0.2, 0.25) is 10.0 Å². The zero-order valence-corrected chi connectivity index (χ0v) is 13.7. The highest BCUT2D eigenvalue weighted by atomic mass is 79.9. The third kappa shape index (κ3) is 3.54. The molecule has 10 heteroatoms. The molecule has 1 aromatic carbocycles. The van der Waals surface area contributed by atoms with Crippen LogP contribution < -0.4 is 10.5 Å². The van der Waals surface area contributed by atoms with Crippen LogP contribution in [0.25, 0.3) is 0 Å². The SMILES string of the molecule is Nc1c(F)c(S(=O)(=O)NCCn2cccn2)cc(Cl)c1Br. The molecule has 6 nitrogen and oxygen atoms in total. The van der Waals surface area contributed by atoms with E-state index in [2.05, 4.69) is 25.8 Å². The molecule has 2 aromatic rings. The molecule has 3 N–H and O–H groups in total. The van der Waals surface area contributed by atoms with Crippen LogP contribution in [-0.2, 0) is 16.6 Å². The fourth-order valence-corrected chi connectivity index (χ4v) is 3.30. The van der Waals surface area contributed by atoms with Crippen molar-refractivity contribution in [3.8, 4) is 0 Å². The molecule has 2 rings (SSSR count). The topological polar surface area (TPSA) is 90.0 Å². The van der Waals surface area contributed by atoms with Gasteiger partial charge in [-0.3, -0.25) is 4.68 Å². The highest BCUT2D eigenvalue weighted by Crippen LogP contribution is 2.34. The number of anilines is 1. The van der Waals surface area contributed by atoms with Crippen molar-refractivity contribution in [3.63, 3.8) is 0 Å². The molecule has 0 aliphatic rings. The van der Waals surface area contributed by atoms with Crippen molar-refractivity contribution in [3.05, 3.63) is 39.8 Å². The Morgan fingerprint density at radius 3 is 2.86 bits per heavy atom. The number of nitrogens with one attached hydrogen (secondary N) is 1. The van der Waals surface area contributed by atoms with Crippen molar-refractivity contribution in [2.24, 2.45) is 0 Å². The Hall–Kier alpha value is -1.16. The molecule has 0 radical (unpaired) electrons. The van der Waals surface area contributed by atoms with Gasteiger partial charge in [0.25, 0.3) is 0 Å². The lowest BCUT2D eigenvalue weighted by atomic mass is 10.3. The average molecular weight is 398 g/mol. The van der Waals surface area contributed by atoms with Gasteiger partial charge in [-0.2, -0.15) is 5.10 Å². The van der Waals surface area contributed by atoms with Gasteiger partial charge in [0.05, 0.1) is 21.7 Å². The quantitative estimate of drug-likeness (QED) is 0.596. The van der Waals surface area contributed by atoms with Gasteiger partial charge in [0.15, 0.2) is 5.82 Å². The molecule has 0 saturated heterocycles. The Morgan fingerprint density at radius 1 is 1.52 bits per heavy atom. The second-order valence-electron chi connectivity index (χ2n) is 4.07. The number of hydrogen-bond donors (Lipinski definition) is 2. The molecule has 21 heavy (non-hydrogen) atoms. The monoisotopic (exact) mass is 396 g/mol. The number of nitrogens with zero attached hydrogens (tertiary/aromatic N) is 2. The number of nitrogen functional groups attached to an aromatic ring is 1. The van der Waals surface area contributed by atoms with Crippen molar-refractivity contribution >= 4 is 43.2 Å². The molecule has 0 spiro atoms. The van der Waals surface area contributed by atoms with Crippen LogP contribution in [0.5, 0.6) is 0 Å². The summed E-state index contributed by atoms with van der Waals surface area (Å²) >= 11 is 8.80. The van der Waals surface area contributed by atoms with Crippen molar-refractivity contribution < 1.29 is 12.8 Å². The lowest BCUT2D eigenvalue weighted by Gasteiger charge is -2.11. The highest BCUT2D eigenvalue weighted by Gasteiger charge is 2.23. The number of halogens is 3. The third-order valence-electron chi connectivity index (χ3n) is 2.64. The fraction of sp³-hybridized carbons (Fsp3) is 0.182. The average Bonchev–Trinajstić information content (AvgIpc) is 2.93. The Labute approximate surface area is 134 Å². The molecular formula is C11H11BrClFN4O2S. The van der Waals surface area contributed by atoms with E-state index in [1.807, 2.05) is 0 Å². The van der Waals surface area contributed by atoms with Crippen LogP contribution in [0.2, 0.25) is 5.02 Å². The number of sulfonamides is 1. The van der Waals surface area contributed by atoms with E-state index in [-0.39, 0.29) is 21.7 Å². The molecule has 0 amide bonds. The molecule has 0 unspecified atom stereocenters. The minimum Gasteiger partial charge on any atom is -0.395 e. The van der Waals surface area contributed by atoms with Crippen LogP contribution >= 0.6 is 27.5 Å². The smallest absolute Gasteiger partial charge is 0.243 e. The summed E-state index contributed by atoms with van der Waals surface area (Å²) in [6.45, 7) is 0.366. The van der Waals surface area contributed by atoms with Gasteiger partial charge >= 0.3 is 0 Å². The largest absolute Gasteiger partial charge is 0.395 e. The molecule has 1 aromatic heterocycles. The molecule has 0 aliphatic heterocycles. The van der Waals surface area contributed by atoms with E-state index < -0.39 is 20.7 Å². The van der Waals surface area contributed by atoms with Crippen LogP contribution in [0, 0.1) is 5.82 Å². The molecule has 0 fully saturated rings. The molecule has 0 saturated carbocycles. The summed E-state index contributed by atoms with van der Waals surface area (Å²) in [6, 6.07) is 2.72. The molecule has 0 atom stereocenters. The summed E-state index contributed by atoms with van der Waals surface area (Å²) in [4.78, 5) is -0.589. The Kier molecular flexibility index (Phi) is 4.87. The summed E-state index contributed by atoms with van der Waals surface area (Å²) in [5, 5.41) is 3.94. The van der Waals surface area contributed by atoms with Crippen LogP contribution in [0.15, 0.2) is 33.9 Å². The number of rotatable bonds is 5. The van der Waals surface area contributed by atoms with E-state index in [4.69, 9.17) is 17.3 Å². The molecular weight excluding hydrogens is 387 g/mol. The van der Waals surface area contributed by atoms with Crippen molar-refractivity contribution in [1.82, 2.24) is 14.5 Å². The van der Waals surface area contributed by atoms with Gasteiger partial charge in [0, 0.05) is 18.9 Å². The summed E-state index contributed by atoms with van der Waals surface area (Å²) in [6.07, 6.45) is 3.26. The second-order valence-corrected chi connectivity index (χ2v) is 7.00. The van der Waals surface area contributed by atoms with E-state index in [1.54, 1.807) is 23.1 Å². The summed E-state index contributed by atoms with van der Waals surface area (Å²) in [5.74, 6) is -1.04. The predicted octanol–water partition coefficient (Wildman–Crippen LogP) is 2.00. The first-order valence-corrected chi connectivity index (χ1v) is 8.38. The zero-order chi connectivity index (χ0) is 15.6. The van der Waals surface area contributed by atoms with Crippen molar-refractivity contribution in [1.29, 1.82) is 0 Å². The molecule has 0 bridgehead atoms. The van der Waals surface area contributed by atoms with Gasteiger partial charge in [-0.1, -0.05) is 11.6 Å². The molecule has 0 aliphatic carbocycles. The maximum atomic E-state index is 14.0. The Balaban J connectivity index is 2.20. The lowest BCUT2D eigenvalue weighted by Crippen LogP contribution is -2.28. The van der Waals surface area contributed by atoms with Gasteiger partial charge < -0.3 is 5.73 Å².